The normalized spacial score (nSPS) is 42.2. The Morgan fingerprint density at radius 2 is 1.80 bits per heavy atom. The van der Waals surface area contributed by atoms with E-state index in [0.29, 0.717) is 13.0 Å². The lowest BCUT2D eigenvalue weighted by molar-refractivity contribution is -0.298. The van der Waals surface area contributed by atoms with E-state index in [1.165, 1.54) is 20.0 Å². The number of esters is 2. The summed E-state index contributed by atoms with van der Waals surface area (Å²) >= 11 is 0. The fourth-order valence-electron chi connectivity index (χ4n) is 7.52. The highest BCUT2D eigenvalue weighted by Gasteiger charge is 2.50. The van der Waals surface area contributed by atoms with Crippen molar-refractivity contribution in [2.24, 2.45) is 17.8 Å². The van der Waals surface area contributed by atoms with Crippen LogP contribution in [0, 0.1) is 17.8 Å². The molecule has 0 bridgehead atoms. The van der Waals surface area contributed by atoms with Gasteiger partial charge in [-0.2, -0.15) is 0 Å². The van der Waals surface area contributed by atoms with Crippen molar-refractivity contribution in [1.82, 2.24) is 14.8 Å². The fraction of sp³-hybridized carbons (Fsp3) is 0.806. The van der Waals surface area contributed by atoms with E-state index in [1.807, 2.05) is 44.8 Å². The molecule has 0 aliphatic carbocycles. The van der Waals surface area contributed by atoms with E-state index in [2.05, 4.69) is 4.98 Å². The minimum absolute atomic E-state index is 0.155. The first kappa shape index (κ1) is 41.2. The Morgan fingerprint density at radius 3 is 2.37 bits per heavy atom. The van der Waals surface area contributed by atoms with E-state index >= 15 is 0 Å². The van der Waals surface area contributed by atoms with Crippen molar-refractivity contribution in [2.45, 2.75) is 141 Å². The second-order valence-corrected chi connectivity index (χ2v) is 15.2. The minimum atomic E-state index is -1.78. The highest BCUT2D eigenvalue weighted by molar-refractivity contribution is 5.89. The number of cyclic esters (lactones) is 1. The van der Waals surface area contributed by atoms with Gasteiger partial charge in [-0.25, -0.2) is 4.79 Å². The number of carbonyl (C=O) groups is 2. The molecular weight excluding hydrogens is 634 g/mol. The summed E-state index contributed by atoms with van der Waals surface area (Å²) in [7, 11) is 5.58. The third kappa shape index (κ3) is 9.76. The average Bonchev–Trinajstić information content (AvgIpc) is 3.04. The van der Waals surface area contributed by atoms with Crippen molar-refractivity contribution >= 4 is 11.9 Å². The van der Waals surface area contributed by atoms with Crippen molar-refractivity contribution < 1.29 is 49.0 Å². The van der Waals surface area contributed by atoms with Crippen molar-refractivity contribution in [1.29, 1.82) is 0 Å². The highest BCUT2D eigenvalue weighted by atomic mass is 16.7. The van der Waals surface area contributed by atoms with Crippen LogP contribution in [0.4, 0.5) is 0 Å². The summed E-state index contributed by atoms with van der Waals surface area (Å²) in [4.78, 5) is 34.7. The molecule has 4 unspecified atom stereocenters. The van der Waals surface area contributed by atoms with Gasteiger partial charge in [0.25, 0.3) is 0 Å². The second kappa shape index (κ2) is 16.9. The Kier molecular flexibility index (Phi) is 14.2. The molecule has 0 aromatic carbocycles. The number of aliphatic hydroxyl groups excluding tert-OH is 2. The van der Waals surface area contributed by atoms with Crippen molar-refractivity contribution in [3.05, 3.63) is 30.1 Å². The molecule has 2 aliphatic rings. The van der Waals surface area contributed by atoms with Gasteiger partial charge in [-0.15, -0.1) is 0 Å². The maximum atomic E-state index is 13.5. The van der Waals surface area contributed by atoms with Gasteiger partial charge in [0, 0.05) is 30.9 Å². The van der Waals surface area contributed by atoms with E-state index in [9.17, 15) is 30.0 Å². The van der Waals surface area contributed by atoms with Gasteiger partial charge in [0.15, 0.2) is 12.4 Å². The Morgan fingerprint density at radius 1 is 1.14 bits per heavy atom. The number of aliphatic hydroxyl groups is 4. The summed E-state index contributed by atoms with van der Waals surface area (Å²) in [5.41, 5.74) is -3.11. The van der Waals surface area contributed by atoms with E-state index in [4.69, 9.17) is 18.9 Å². The summed E-state index contributed by atoms with van der Waals surface area (Å²) in [6, 6.07) is 2.40. The van der Waals surface area contributed by atoms with E-state index in [0.717, 1.165) is 0 Å². The molecule has 0 radical (unpaired) electrons. The number of pyridine rings is 1. The highest BCUT2D eigenvalue weighted by Crippen LogP contribution is 2.37. The molecule has 1 aromatic rings. The van der Waals surface area contributed by atoms with Gasteiger partial charge in [0.2, 0.25) is 0 Å². The van der Waals surface area contributed by atoms with Crippen molar-refractivity contribution in [3.8, 4) is 0 Å². The maximum Gasteiger partial charge on any atom is 0.340 e. The molecule has 13 heteroatoms. The van der Waals surface area contributed by atoms with Gasteiger partial charge in [-0.1, -0.05) is 20.8 Å². The van der Waals surface area contributed by atoms with E-state index in [-0.39, 0.29) is 36.5 Å². The Bertz CT molecular complexity index is 1220. The molecule has 3 heterocycles. The lowest BCUT2D eigenvalue weighted by Crippen LogP contribution is -2.60. The Hall–Kier alpha value is -2.23. The molecular formula is C36H61N3O10. The van der Waals surface area contributed by atoms with Gasteiger partial charge in [0.05, 0.1) is 41.4 Å². The number of aromatic nitrogens is 1. The molecule has 14 atom stereocenters. The summed E-state index contributed by atoms with van der Waals surface area (Å²) in [5, 5.41) is 46.7. The molecule has 2 saturated heterocycles. The van der Waals surface area contributed by atoms with Crippen LogP contribution in [0.5, 0.6) is 0 Å². The number of hydrogen-bond donors (Lipinski definition) is 4. The number of hydrogen-bond acceptors (Lipinski definition) is 13. The largest absolute Gasteiger partial charge is 0.459 e. The quantitative estimate of drug-likeness (QED) is 0.320. The summed E-state index contributed by atoms with van der Waals surface area (Å²) in [6.07, 6.45) is -3.21. The maximum absolute atomic E-state index is 13.5. The zero-order chi connectivity index (χ0) is 37.0. The molecule has 4 N–H and O–H groups in total. The first-order chi connectivity index (χ1) is 22.7. The topological polar surface area (TPSA) is 171 Å². The number of likely N-dealkylation sites (N-methyl/N-ethyl adjacent to an activating group) is 2. The molecule has 1 aromatic heterocycles. The smallest absolute Gasteiger partial charge is 0.340 e. The third-order valence-corrected chi connectivity index (χ3v) is 10.6. The molecule has 0 saturated carbocycles. The van der Waals surface area contributed by atoms with Crippen LogP contribution in [0.2, 0.25) is 0 Å². The van der Waals surface area contributed by atoms with Crippen molar-refractivity contribution in [2.75, 3.05) is 27.7 Å². The van der Waals surface area contributed by atoms with Gasteiger partial charge in [-0.3, -0.25) is 9.78 Å². The molecule has 0 amide bonds. The number of rotatable bonds is 6. The second-order valence-electron chi connectivity index (χ2n) is 15.2. The van der Waals surface area contributed by atoms with Crippen molar-refractivity contribution in [3.63, 3.8) is 0 Å². The standard InChI is InChI=1S/C36H61N3O10/c1-12-27-36(8,45)30(41)24(6)39(11)19-20(2)17-35(7,44)31(22(4)28(40)23(5)32(42)47-27)49-34-29(26(38(9)10)16-21(3)46-34)48-33(43)25-14-13-15-37-18-25/h13-15,18,20-24,26-31,34,40-41,44-45H,12,16-17,19H2,1-11H3/t20-,21?,22+,23-,24-,26?,27-,28+,29?,30-,31-,34?,35-,36-/m1/s1. The fourth-order valence-corrected chi connectivity index (χ4v) is 7.52. The average molecular weight is 696 g/mol. The van der Waals surface area contributed by atoms with Crippen LogP contribution in [0.3, 0.4) is 0 Å². The summed E-state index contributed by atoms with van der Waals surface area (Å²) < 4.78 is 24.8. The van der Waals surface area contributed by atoms with Crippen LogP contribution in [-0.4, -0.2) is 141 Å². The van der Waals surface area contributed by atoms with Gasteiger partial charge >= 0.3 is 11.9 Å². The number of nitrogens with zero attached hydrogens (tertiary/aromatic N) is 3. The Balaban J connectivity index is 2.06. The van der Waals surface area contributed by atoms with Gasteiger partial charge in [0.1, 0.15) is 17.8 Å². The lowest BCUT2D eigenvalue weighted by Gasteiger charge is -2.47. The molecule has 2 aliphatic heterocycles. The number of carbonyl (C=O) groups excluding carboxylic acids is 2. The van der Waals surface area contributed by atoms with E-state index < -0.39 is 77.8 Å². The molecule has 13 nitrogen and oxygen atoms in total. The zero-order valence-corrected chi connectivity index (χ0v) is 31.1. The predicted octanol–water partition coefficient (Wildman–Crippen LogP) is 2.24. The monoisotopic (exact) mass is 695 g/mol. The van der Waals surface area contributed by atoms with Crippen LogP contribution in [0.15, 0.2) is 24.5 Å². The van der Waals surface area contributed by atoms with E-state index in [1.54, 1.807) is 46.0 Å². The first-order valence-electron chi connectivity index (χ1n) is 17.5. The third-order valence-electron chi connectivity index (χ3n) is 10.6. The summed E-state index contributed by atoms with van der Waals surface area (Å²) in [5.74, 6) is -3.48. The number of ether oxygens (including phenoxy) is 4. The van der Waals surface area contributed by atoms with Crippen LogP contribution in [0.1, 0.15) is 85.0 Å². The zero-order valence-electron chi connectivity index (χ0n) is 31.1. The van der Waals surface area contributed by atoms with Gasteiger partial charge < -0.3 is 49.2 Å². The molecule has 280 valence electrons. The van der Waals surface area contributed by atoms with Crippen LogP contribution >= 0.6 is 0 Å². The first-order valence-corrected chi connectivity index (χ1v) is 17.5. The summed E-state index contributed by atoms with van der Waals surface area (Å²) in [6.45, 7) is 14.1. The SMILES string of the molecule is CC[C@H]1OC(=O)[C@H](C)[C@@H](O)[C@H](C)[C@@H](OC2OC(C)CC(N(C)C)C2OC(=O)c2cccnc2)[C@](C)(O)C[C@@H](C)CN(C)[C@H](C)[C@@H](O)[C@]1(C)O. The minimum Gasteiger partial charge on any atom is -0.459 e. The molecule has 3 rings (SSSR count). The molecule has 49 heavy (non-hydrogen) atoms. The van der Waals surface area contributed by atoms with Crippen LogP contribution in [0.25, 0.3) is 0 Å². The van der Waals surface area contributed by atoms with Crippen LogP contribution in [-0.2, 0) is 23.7 Å². The Labute approximate surface area is 291 Å². The predicted molar refractivity (Wildman–Crippen MR) is 182 cm³/mol. The molecule has 2 fully saturated rings. The van der Waals surface area contributed by atoms with Gasteiger partial charge in [-0.05, 0) is 93.1 Å². The molecule has 0 spiro atoms. The van der Waals surface area contributed by atoms with Crippen LogP contribution < -0.4 is 0 Å². The lowest BCUT2D eigenvalue weighted by atomic mass is 9.78.